The van der Waals surface area contributed by atoms with Gasteiger partial charge in [-0.3, -0.25) is 4.90 Å². The lowest BCUT2D eigenvalue weighted by molar-refractivity contribution is -0.0328. The summed E-state index contributed by atoms with van der Waals surface area (Å²) >= 11 is 5.93. The Balaban J connectivity index is 2.47. The molecule has 1 aromatic carbocycles. The second-order valence-corrected chi connectivity index (χ2v) is 6.62. The van der Waals surface area contributed by atoms with Gasteiger partial charge in [0.25, 0.3) is 0 Å². The summed E-state index contributed by atoms with van der Waals surface area (Å²) in [5, 5.41) is 10.3. The molecule has 1 amide bonds. The van der Waals surface area contributed by atoms with Crippen LogP contribution < -0.4 is 0 Å². The topological polar surface area (TPSA) is 40.5 Å². The van der Waals surface area contributed by atoms with Gasteiger partial charge in [0.05, 0.1) is 5.54 Å². The number of carboxylic acid groups (broad SMARTS) is 1. The van der Waals surface area contributed by atoms with Crippen LogP contribution in [0.25, 0.3) is 0 Å². The molecule has 1 saturated carbocycles. The Bertz CT molecular complexity index is 472. The van der Waals surface area contributed by atoms with Crippen LogP contribution in [0, 0.1) is 0 Å². The zero-order chi connectivity index (χ0) is 14.3. The van der Waals surface area contributed by atoms with E-state index in [1.807, 2.05) is 45.0 Å². The lowest BCUT2D eigenvalue weighted by Gasteiger charge is -2.54. The van der Waals surface area contributed by atoms with Gasteiger partial charge in [0, 0.05) is 10.6 Å². The molecule has 1 N–H and O–H groups in total. The highest BCUT2D eigenvalue weighted by Gasteiger charge is 2.50. The molecule has 1 aromatic rings. The van der Waals surface area contributed by atoms with Crippen LogP contribution >= 0.6 is 11.6 Å². The summed E-state index contributed by atoms with van der Waals surface area (Å²) in [6, 6.07) is 7.56. The number of hydrogen-bond donors (Lipinski definition) is 1. The third kappa shape index (κ3) is 2.44. The number of halogens is 1. The zero-order valence-electron chi connectivity index (χ0n) is 11.6. The fourth-order valence-corrected chi connectivity index (χ4v) is 3.15. The lowest BCUT2D eigenvalue weighted by Crippen LogP contribution is -2.60. The van der Waals surface area contributed by atoms with Gasteiger partial charge in [0.2, 0.25) is 0 Å². The van der Waals surface area contributed by atoms with E-state index in [-0.39, 0.29) is 0 Å². The maximum atomic E-state index is 11.7. The average Bonchev–Trinajstić information content (AvgIpc) is 2.22. The standard InChI is InChI=1S/C15H20ClNO2/c1-14(2,3)17(13(18)19)15(9-4-10-15)11-5-7-12(16)8-6-11/h5-8H,4,9-10H2,1-3H3,(H,18,19). The smallest absolute Gasteiger partial charge is 0.408 e. The summed E-state index contributed by atoms with van der Waals surface area (Å²) in [7, 11) is 0. The first-order valence-corrected chi connectivity index (χ1v) is 6.94. The van der Waals surface area contributed by atoms with Crippen molar-refractivity contribution in [1.29, 1.82) is 0 Å². The minimum atomic E-state index is -0.859. The van der Waals surface area contributed by atoms with Crippen molar-refractivity contribution in [2.75, 3.05) is 0 Å². The minimum Gasteiger partial charge on any atom is -0.465 e. The molecule has 0 bridgehead atoms. The molecule has 1 aliphatic rings. The number of rotatable bonds is 2. The average molecular weight is 282 g/mol. The van der Waals surface area contributed by atoms with E-state index in [1.54, 1.807) is 4.90 Å². The molecule has 0 spiro atoms. The molecule has 19 heavy (non-hydrogen) atoms. The van der Waals surface area contributed by atoms with E-state index in [4.69, 9.17) is 11.6 Å². The molecule has 0 heterocycles. The van der Waals surface area contributed by atoms with Crippen LogP contribution in [-0.4, -0.2) is 21.6 Å². The SMILES string of the molecule is CC(C)(C)N(C(=O)O)C1(c2ccc(Cl)cc2)CCC1. The van der Waals surface area contributed by atoms with Crippen molar-refractivity contribution >= 4 is 17.7 Å². The van der Waals surface area contributed by atoms with E-state index in [2.05, 4.69) is 0 Å². The molecule has 0 aromatic heterocycles. The van der Waals surface area contributed by atoms with Crippen molar-refractivity contribution in [3.63, 3.8) is 0 Å². The molecule has 0 saturated heterocycles. The Morgan fingerprint density at radius 1 is 1.26 bits per heavy atom. The third-order valence-electron chi connectivity index (χ3n) is 3.85. The van der Waals surface area contributed by atoms with Crippen molar-refractivity contribution in [3.05, 3.63) is 34.9 Å². The predicted octanol–water partition coefficient (Wildman–Crippen LogP) is 4.50. The van der Waals surface area contributed by atoms with E-state index in [9.17, 15) is 9.90 Å². The van der Waals surface area contributed by atoms with Crippen molar-refractivity contribution in [2.24, 2.45) is 0 Å². The molecule has 0 unspecified atom stereocenters. The Labute approximate surface area is 119 Å². The number of benzene rings is 1. The summed E-state index contributed by atoms with van der Waals surface area (Å²) in [4.78, 5) is 13.3. The summed E-state index contributed by atoms with van der Waals surface area (Å²) in [5.41, 5.74) is 0.223. The minimum absolute atomic E-state index is 0.394. The van der Waals surface area contributed by atoms with Gasteiger partial charge in [0.1, 0.15) is 0 Å². The van der Waals surface area contributed by atoms with Crippen LogP contribution in [0.5, 0.6) is 0 Å². The van der Waals surface area contributed by atoms with Gasteiger partial charge in [-0.05, 0) is 57.7 Å². The van der Waals surface area contributed by atoms with Crippen molar-refractivity contribution < 1.29 is 9.90 Å². The normalized spacial score (nSPS) is 17.7. The van der Waals surface area contributed by atoms with Crippen LogP contribution in [0.1, 0.15) is 45.6 Å². The monoisotopic (exact) mass is 281 g/mol. The third-order valence-corrected chi connectivity index (χ3v) is 4.10. The lowest BCUT2D eigenvalue weighted by atomic mass is 9.69. The highest BCUT2D eigenvalue weighted by Crippen LogP contribution is 2.49. The van der Waals surface area contributed by atoms with Crippen LogP contribution in [-0.2, 0) is 5.54 Å². The molecule has 0 atom stereocenters. The van der Waals surface area contributed by atoms with E-state index in [0.717, 1.165) is 24.8 Å². The number of hydrogen-bond acceptors (Lipinski definition) is 1. The van der Waals surface area contributed by atoms with Gasteiger partial charge < -0.3 is 5.11 Å². The Morgan fingerprint density at radius 3 is 2.11 bits per heavy atom. The number of amides is 1. The number of carbonyl (C=O) groups is 1. The Hall–Kier alpha value is -1.22. The molecule has 3 nitrogen and oxygen atoms in total. The molecule has 0 radical (unpaired) electrons. The van der Waals surface area contributed by atoms with Gasteiger partial charge in [0.15, 0.2) is 0 Å². The fraction of sp³-hybridized carbons (Fsp3) is 0.533. The highest BCUT2D eigenvalue weighted by atomic mass is 35.5. The van der Waals surface area contributed by atoms with E-state index >= 15 is 0 Å². The van der Waals surface area contributed by atoms with Crippen molar-refractivity contribution in [2.45, 2.75) is 51.1 Å². The second kappa shape index (κ2) is 4.71. The first kappa shape index (κ1) is 14.2. The van der Waals surface area contributed by atoms with Gasteiger partial charge in [-0.1, -0.05) is 23.7 Å². The highest BCUT2D eigenvalue weighted by molar-refractivity contribution is 6.30. The Morgan fingerprint density at radius 2 is 1.79 bits per heavy atom. The molecule has 2 rings (SSSR count). The summed E-state index contributed by atoms with van der Waals surface area (Å²) in [5.74, 6) is 0. The molecule has 1 fully saturated rings. The summed E-state index contributed by atoms with van der Waals surface area (Å²) in [6.45, 7) is 5.82. The fourth-order valence-electron chi connectivity index (χ4n) is 3.03. The largest absolute Gasteiger partial charge is 0.465 e. The van der Waals surface area contributed by atoms with Crippen LogP contribution in [0.4, 0.5) is 4.79 Å². The number of nitrogens with zero attached hydrogens (tertiary/aromatic N) is 1. The van der Waals surface area contributed by atoms with Crippen LogP contribution in [0.2, 0.25) is 5.02 Å². The first-order valence-electron chi connectivity index (χ1n) is 6.57. The maximum Gasteiger partial charge on any atom is 0.408 e. The maximum absolute atomic E-state index is 11.7. The molecule has 0 aliphatic heterocycles. The quantitative estimate of drug-likeness (QED) is 0.867. The molecular weight excluding hydrogens is 262 g/mol. The van der Waals surface area contributed by atoms with E-state index in [0.29, 0.717) is 5.02 Å². The van der Waals surface area contributed by atoms with Crippen LogP contribution in [0.15, 0.2) is 24.3 Å². The predicted molar refractivity (Wildman–Crippen MR) is 76.6 cm³/mol. The van der Waals surface area contributed by atoms with Gasteiger partial charge in [-0.15, -0.1) is 0 Å². The van der Waals surface area contributed by atoms with E-state index in [1.165, 1.54) is 0 Å². The molecule has 1 aliphatic carbocycles. The summed E-state index contributed by atoms with van der Waals surface area (Å²) < 4.78 is 0. The van der Waals surface area contributed by atoms with Crippen molar-refractivity contribution in [1.82, 2.24) is 4.90 Å². The zero-order valence-corrected chi connectivity index (χ0v) is 12.4. The van der Waals surface area contributed by atoms with Crippen LogP contribution in [0.3, 0.4) is 0 Å². The van der Waals surface area contributed by atoms with Crippen molar-refractivity contribution in [3.8, 4) is 0 Å². The van der Waals surface area contributed by atoms with E-state index < -0.39 is 17.2 Å². The summed E-state index contributed by atoms with van der Waals surface area (Å²) in [6.07, 6.45) is 1.95. The van der Waals surface area contributed by atoms with Gasteiger partial charge >= 0.3 is 6.09 Å². The van der Waals surface area contributed by atoms with Gasteiger partial charge in [-0.25, -0.2) is 4.79 Å². The second-order valence-electron chi connectivity index (χ2n) is 6.18. The van der Waals surface area contributed by atoms with Gasteiger partial charge in [-0.2, -0.15) is 0 Å². The first-order chi connectivity index (χ1) is 8.77. The molecule has 104 valence electrons. The molecule has 4 heteroatoms. The molecular formula is C15H20ClNO2. The Kier molecular flexibility index (Phi) is 3.52.